The number of carbonyl (C=O) groups is 2. The van der Waals surface area contributed by atoms with Crippen LogP contribution in [0.2, 0.25) is 0 Å². The third-order valence-corrected chi connectivity index (χ3v) is 3.10. The zero-order chi connectivity index (χ0) is 15.7. The van der Waals surface area contributed by atoms with Crippen molar-refractivity contribution in [2.24, 2.45) is 0 Å². The Morgan fingerprint density at radius 3 is 2.77 bits per heavy atom. The third kappa shape index (κ3) is 1.99. The summed E-state index contributed by atoms with van der Waals surface area (Å²) < 4.78 is 11.1. The summed E-state index contributed by atoms with van der Waals surface area (Å²) in [5.74, 6) is -1.20. The van der Waals surface area contributed by atoms with Gasteiger partial charge in [-0.15, -0.1) is 0 Å². The number of ketones is 1. The molecule has 0 saturated carbocycles. The number of rotatable bonds is 4. The van der Waals surface area contributed by atoms with Crippen LogP contribution in [0.4, 0.5) is 0 Å². The van der Waals surface area contributed by atoms with Crippen molar-refractivity contribution in [3.8, 4) is 11.7 Å². The molecule has 0 amide bonds. The average Bonchev–Trinajstić information content (AvgIpc) is 3.19. The van der Waals surface area contributed by atoms with Crippen LogP contribution in [0.1, 0.15) is 10.4 Å². The molecule has 22 heavy (non-hydrogen) atoms. The monoisotopic (exact) mass is 301 g/mol. The first-order valence-corrected chi connectivity index (χ1v) is 6.19. The van der Waals surface area contributed by atoms with Gasteiger partial charge in [-0.05, 0) is 6.07 Å². The second-order valence-electron chi connectivity index (χ2n) is 4.25. The van der Waals surface area contributed by atoms with Gasteiger partial charge in [0.15, 0.2) is 5.82 Å². The highest BCUT2D eigenvalue weighted by Crippen LogP contribution is 2.30. The van der Waals surface area contributed by atoms with E-state index in [0.717, 1.165) is 7.11 Å². The number of carbonyl (C=O) groups excluding carboxylic acids is 2. The predicted octanol–water partition coefficient (Wildman–Crippen LogP) is 0.508. The topological polar surface area (TPSA) is 112 Å². The van der Waals surface area contributed by atoms with E-state index in [4.69, 9.17) is 4.74 Å². The number of ether oxygens (including phenoxy) is 2. The van der Waals surface area contributed by atoms with Crippen molar-refractivity contribution >= 4 is 22.7 Å². The van der Waals surface area contributed by atoms with Crippen molar-refractivity contribution in [3.63, 3.8) is 0 Å². The van der Waals surface area contributed by atoms with Gasteiger partial charge in [0.25, 0.3) is 5.78 Å². The lowest BCUT2D eigenvalue weighted by atomic mass is 10.1. The fourth-order valence-corrected chi connectivity index (χ4v) is 2.15. The maximum atomic E-state index is 12.2. The number of esters is 1. The van der Waals surface area contributed by atoms with Crippen LogP contribution >= 0.6 is 0 Å². The smallest absolute Gasteiger partial charge is 0.379 e. The lowest BCUT2D eigenvalue weighted by Crippen LogP contribution is -2.16. The summed E-state index contributed by atoms with van der Waals surface area (Å²) in [6, 6.07) is 1.60. The predicted molar refractivity (Wildman–Crippen MR) is 73.9 cm³/mol. The standard InChI is InChI=1S/C13H11N5O4/c1-21-12-8(10(19)13(20)22-2)7-3-4-15-11(9(7)17-12)18-6-14-5-16-18/h3-6,17H,1-2H3. The number of hydrogen-bond acceptors (Lipinski definition) is 7. The molecule has 0 aromatic carbocycles. The van der Waals surface area contributed by atoms with E-state index in [0.29, 0.717) is 16.7 Å². The molecule has 112 valence electrons. The Balaban J connectivity index is 2.28. The van der Waals surface area contributed by atoms with Gasteiger partial charge in [-0.1, -0.05) is 0 Å². The first-order chi connectivity index (χ1) is 10.7. The molecular formula is C13H11N5O4. The van der Waals surface area contributed by atoms with E-state index in [9.17, 15) is 9.59 Å². The summed E-state index contributed by atoms with van der Waals surface area (Å²) in [6.07, 6.45) is 4.33. The van der Waals surface area contributed by atoms with Gasteiger partial charge in [0.1, 0.15) is 12.7 Å². The molecule has 3 rings (SSSR count). The van der Waals surface area contributed by atoms with E-state index >= 15 is 0 Å². The molecule has 9 nitrogen and oxygen atoms in total. The first-order valence-electron chi connectivity index (χ1n) is 6.19. The Morgan fingerprint density at radius 2 is 2.14 bits per heavy atom. The van der Waals surface area contributed by atoms with Crippen molar-refractivity contribution < 1.29 is 19.1 Å². The summed E-state index contributed by atoms with van der Waals surface area (Å²) in [5, 5.41) is 4.48. The molecule has 0 radical (unpaired) electrons. The van der Waals surface area contributed by atoms with E-state index in [1.807, 2.05) is 0 Å². The lowest BCUT2D eigenvalue weighted by Gasteiger charge is -2.01. The van der Waals surface area contributed by atoms with Crippen LogP contribution in [0, 0.1) is 0 Å². The number of aromatic nitrogens is 5. The Kier molecular flexibility index (Phi) is 3.30. The van der Waals surface area contributed by atoms with E-state index in [1.54, 1.807) is 6.07 Å². The van der Waals surface area contributed by atoms with Gasteiger partial charge in [0.05, 0.1) is 25.3 Å². The van der Waals surface area contributed by atoms with Gasteiger partial charge < -0.3 is 14.5 Å². The molecule has 0 aliphatic heterocycles. The highest BCUT2D eigenvalue weighted by molar-refractivity contribution is 6.43. The number of methoxy groups -OCH3 is 2. The van der Waals surface area contributed by atoms with Crippen LogP contribution in [-0.4, -0.2) is 50.7 Å². The number of H-pyrrole nitrogens is 1. The molecule has 1 N–H and O–H groups in total. The van der Waals surface area contributed by atoms with Crippen molar-refractivity contribution in [1.82, 2.24) is 24.7 Å². The molecule has 0 bridgehead atoms. The molecule has 0 unspecified atom stereocenters. The minimum atomic E-state index is -0.974. The molecule has 0 atom stereocenters. The zero-order valence-electron chi connectivity index (χ0n) is 11.7. The van der Waals surface area contributed by atoms with Gasteiger partial charge in [0.2, 0.25) is 5.88 Å². The van der Waals surface area contributed by atoms with Crippen LogP contribution in [0.3, 0.4) is 0 Å². The average molecular weight is 301 g/mol. The minimum Gasteiger partial charge on any atom is -0.482 e. The van der Waals surface area contributed by atoms with E-state index in [-0.39, 0.29) is 11.4 Å². The minimum absolute atomic E-state index is 0.0908. The number of nitrogens with zero attached hydrogens (tertiary/aromatic N) is 4. The molecular weight excluding hydrogens is 290 g/mol. The highest BCUT2D eigenvalue weighted by Gasteiger charge is 2.27. The number of Topliss-reactive ketones (excluding diaryl/α,β-unsaturated/α-hetero) is 1. The second-order valence-corrected chi connectivity index (χ2v) is 4.25. The van der Waals surface area contributed by atoms with E-state index in [1.165, 1.54) is 30.6 Å². The molecule has 0 spiro atoms. The first kappa shape index (κ1) is 13.7. The normalized spacial score (nSPS) is 10.6. The molecule has 0 fully saturated rings. The fourth-order valence-electron chi connectivity index (χ4n) is 2.15. The Labute approximate surface area is 123 Å². The van der Waals surface area contributed by atoms with Crippen molar-refractivity contribution in [1.29, 1.82) is 0 Å². The van der Waals surface area contributed by atoms with Crippen molar-refractivity contribution in [3.05, 3.63) is 30.5 Å². The maximum absolute atomic E-state index is 12.2. The van der Waals surface area contributed by atoms with Crippen LogP contribution < -0.4 is 4.74 Å². The summed E-state index contributed by atoms with van der Waals surface area (Å²) in [7, 11) is 2.53. The molecule has 0 saturated heterocycles. The number of fused-ring (bicyclic) bond motifs is 1. The molecule has 3 aromatic heterocycles. The summed E-state index contributed by atoms with van der Waals surface area (Å²) in [4.78, 5) is 34.7. The van der Waals surface area contributed by atoms with Crippen LogP contribution in [0.15, 0.2) is 24.9 Å². The molecule has 9 heteroatoms. The van der Waals surface area contributed by atoms with E-state index < -0.39 is 11.8 Å². The van der Waals surface area contributed by atoms with E-state index in [2.05, 4.69) is 24.8 Å². The largest absolute Gasteiger partial charge is 0.482 e. The third-order valence-electron chi connectivity index (χ3n) is 3.10. The van der Waals surface area contributed by atoms with Gasteiger partial charge in [0, 0.05) is 11.6 Å². The second kappa shape index (κ2) is 5.28. The zero-order valence-corrected chi connectivity index (χ0v) is 11.7. The number of hydrogen-bond donors (Lipinski definition) is 1. The fraction of sp³-hybridized carbons (Fsp3) is 0.154. The number of nitrogens with one attached hydrogen (secondary N) is 1. The SMILES string of the molecule is COC(=O)C(=O)c1c(OC)[nH]c2c(-n3cncn3)nccc12. The van der Waals surface area contributed by atoms with Crippen molar-refractivity contribution in [2.75, 3.05) is 14.2 Å². The quantitative estimate of drug-likeness (QED) is 0.424. The van der Waals surface area contributed by atoms with Gasteiger partial charge >= 0.3 is 5.97 Å². The Morgan fingerprint density at radius 1 is 1.32 bits per heavy atom. The lowest BCUT2D eigenvalue weighted by molar-refractivity contribution is -0.135. The maximum Gasteiger partial charge on any atom is 0.379 e. The molecule has 0 aliphatic rings. The van der Waals surface area contributed by atoms with Gasteiger partial charge in [-0.25, -0.2) is 19.4 Å². The molecule has 0 aliphatic carbocycles. The van der Waals surface area contributed by atoms with Crippen LogP contribution in [0.25, 0.3) is 16.7 Å². The summed E-state index contributed by atoms with van der Waals surface area (Å²) in [5.41, 5.74) is 0.588. The number of aromatic amines is 1. The Hall–Kier alpha value is -3.23. The van der Waals surface area contributed by atoms with Crippen LogP contribution in [0.5, 0.6) is 5.88 Å². The Bertz CT molecular complexity index is 853. The molecule has 3 heterocycles. The highest BCUT2D eigenvalue weighted by atomic mass is 16.5. The van der Waals surface area contributed by atoms with Crippen LogP contribution in [-0.2, 0) is 9.53 Å². The van der Waals surface area contributed by atoms with Gasteiger partial charge in [-0.3, -0.25) is 4.79 Å². The van der Waals surface area contributed by atoms with Crippen molar-refractivity contribution in [2.45, 2.75) is 0 Å². The molecule has 3 aromatic rings. The summed E-state index contributed by atoms with van der Waals surface area (Å²) >= 11 is 0. The summed E-state index contributed by atoms with van der Waals surface area (Å²) in [6.45, 7) is 0. The number of pyridine rings is 1. The van der Waals surface area contributed by atoms with Gasteiger partial charge in [-0.2, -0.15) is 5.10 Å².